The number of amides is 1. The van der Waals surface area contributed by atoms with Crippen LogP contribution in [-0.4, -0.2) is 22.7 Å². The summed E-state index contributed by atoms with van der Waals surface area (Å²) in [7, 11) is 0. The number of halogens is 3. The third kappa shape index (κ3) is 5.32. The highest BCUT2D eigenvalue weighted by Crippen LogP contribution is 2.47. The maximum absolute atomic E-state index is 15.2. The Bertz CT molecular complexity index is 931. The van der Waals surface area contributed by atoms with Crippen LogP contribution in [0.1, 0.15) is 49.7 Å². The fraction of sp³-hybridized carbons (Fsp3) is 0.391. The second-order valence-electron chi connectivity index (χ2n) is 8.00. The summed E-state index contributed by atoms with van der Waals surface area (Å²) in [5, 5.41) is 12.6. The van der Waals surface area contributed by atoms with Crippen molar-refractivity contribution >= 4 is 40.8 Å². The molecule has 160 valence electrons. The van der Waals surface area contributed by atoms with Crippen molar-refractivity contribution in [1.29, 1.82) is 0 Å². The molecule has 1 saturated carbocycles. The normalized spacial score (nSPS) is 21.9. The zero-order valence-corrected chi connectivity index (χ0v) is 18.1. The number of nitrogens with one attached hydrogen (secondary N) is 1. The molecule has 0 saturated heterocycles. The molecule has 1 aliphatic rings. The van der Waals surface area contributed by atoms with Crippen molar-refractivity contribution in [2.75, 3.05) is 5.32 Å². The highest BCUT2D eigenvalue weighted by atomic mass is 35.5. The van der Waals surface area contributed by atoms with Crippen LogP contribution in [0.4, 0.5) is 10.1 Å². The maximum Gasteiger partial charge on any atom is 0.303 e. The molecule has 2 N–H and O–H groups in total. The Morgan fingerprint density at radius 1 is 1.23 bits per heavy atom. The molecule has 0 heterocycles. The second-order valence-corrected chi connectivity index (χ2v) is 8.85. The maximum atomic E-state index is 15.2. The highest BCUT2D eigenvalue weighted by molar-refractivity contribution is 6.33. The summed E-state index contributed by atoms with van der Waals surface area (Å²) in [4.78, 5) is 24.2. The first kappa shape index (κ1) is 22.6. The summed E-state index contributed by atoms with van der Waals surface area (Å²) in [6.45, 7) is 1.56. The third-order valence-corrected chi connectivity index (χ3v) is 6.37. The van der Waals surface area contributed by atoms with Gasteiger partial charge in [0.2, 0.25) is 5.91 Å². The number of rotatable bonds is 7. The lowest BCUT2D eigenvalue weighted by molar-refractivity contribution is -0.137. The van der Waals surface area contributed by atoms with Crippen LogP contribution in [0.15, 0.2) is 42.5 Å². The van der Waals surface area contributed by atoms with E-state index in [0.29, 0.717) is 40.6 Å². The summed E-state index contributed by atoms with van der Waals surface area (Å²) < 4.78 is 15.2. The van der Waals surface area contributed by atoms with Crippen molar-refractivity contribution in [2.24, 2.45) is 5.92 Å². The van der Waals surface area contributed by atoms with E-state index in [4.69, 9.17) is 28.3 Å². The van der Waals surface area contributed by atoms with Crippen LogP contribution in [0, 0.1) is 5.92 Å². The minimum atomic E-state index is -1.45. The smallest absolute Gasteiger partial charge is 0.303 e. The zero-order chi connectivity index (χ0) is 21.9. The van der Waals surface area contributed by atoms with Gasteiger partial charge in [-0.25, -0.2) is 4.39 Å². The minimum absolute atomic E-state index is 0.0231. The van der Waals surface area contributed by atoms with E-state index in [1.807, 2.05) is 0 Å². The SMILES string of the molecule is CC1(F)CCCC1C(C(=O)Nc1cc(CCC(=O)O)ccc1Cl)c1ccc(Cl)cc1. The minimum Gasteiger partial charge on any atom is -0.481 e. The monoisotopic (exact) mass is 451 g/mol. The Balaban J connectivity index is 1.89. The van der Waals surface area contributed by atoms with E-state index < -0.39 is 23.5 Å². The van der Waals surface area contributed by atoms with Gasteiger partial charge in [-0.3, -0.25) is 9.59 Å². The molecule has 30 heavy (non-hydrogen) atoms. The average molecular weight is 452 g/mol. The van der Waals surface area contributed by atoms with Crippen molar-refractivity contribution in [3.63, 3.8) is 0 Å². The zero-order valence-electron chi connectivity index (χ0n) is 16.6. The molecule has 1 aliphatic carbocycles. The predicted octanol–water partition coefficient (Wildman–Crippen LogP) is 6.26. The quantitative estimate of drug-likeness (QED) is 0.521. The van der Waals surface area contributed by atoms with E-state index in [1.165, 1.54) is 0 Å². The van der Waals surface area contributed by atoms with Gasteiger partial charge in [0.1, 0.15) is 5.67 Å². The largest absolute Gasteiger partial charge is 0.481 e. The molecule has 0 radical (unpaired) electrons. The number of hydrogen-bond donors (Lipinski definition) is 2. The fourth-order valence-electron chi connectivity index (χ4n) is 4.19. The summed E-state index contributed by atoms with van der Waals surface area (Å²) in [5.74, 6) is -2.40. The first-order chi connectivity index (χ1) is 14.2. The van der Waals surface area contributed by atoms with Crippen molar-refractivity contribution < 1.29 is 19.1 Å². The number of carbonyl (C=O) groups excluding carboxylic acids is 1. The molecule has 3 unspecified atom stereocenters. The van der Waals surface area contributed by atoms with Crippen LogP contribution in [0.2, 0.25) is 10.0 Å². The third-order valence-electron chi connectivity index (χ3n) is 5.78. The molecule has 1 fully saturated rings. The van der Waals surface area contributed by atoms with Gasteiger partial charge in [-0.05, 0) is 68.0 Å². The topological polar surface area (TPSA) is 66.4 Å². The number of carbonyl (C=O) groups is 2. The number of alkyl halides is 1. The van der Waals surface area contributed by atoms with E-state index in [-0.39, 0.29) is 12.3 Å². The number of aryl methyl sites for hydroxylation is 1. The van der Waals surface area contributed by atoms with Gasteiger partial charge in [-0.15, -0.1) is 0 Å². The van der Waals surface area contributed by atoms with Gasteiger partial charge in [-0.2, -0.15) is 0 Å². The Morgan fingerprint density at radius 3 is 2.53 bits per heavy atom. The first-order valence-electron chi connectivity index (χ1n) is 9.93. The summed E-state index contributed by atoms with van der Waals surface area (Å²) in [6, 6.07) is 11.9. The van der Waals surface area contributed by atoms with Gasteiger partial charge in [0, 0.05) is 17.4 Å². The van der Waals surface area contributed by atoms with E-state index in [0.717, 1.165) is 12.0 Å². The summed E-state index contributed by atoms with van der Waals surface area (Å²) in [5.41, 5.74) is 0.388. The molecule has 3 rings (SSSR count). The number of anilines is 1. The van der Waals surface area contributed by atoms with Crippen LogP contribution in [-0.2, 0) is 16.0 Å². The molecular formula is C23H24Cl2FNO3. The lowest BCUT2D eigenvalue weighted by Crippen LogP contribution is -2.36. The van der Waals surface area contributed by atoms with Crippen molar-refractivity contribution in [2.45, 2.75) is 50.6 Å². The highest BCUT2D eigenvalue weighted by Gasteiger charge is 2.46. The standard InChI is InChI=1S/C23H24Cl2FNO3/c1-23(26)12-2-3-17(23)21(15-6-8-16(24)9-7-15)22(30)27-19-13-14(4-10-18(19)25)5-11-20(28)29/h4,6-10,13,17,21H,2-3,5,11-12H2,1H3,(H,27,30)(H,28,29). The molecule has 3 atom stereocenters. The molecule has 0 aliphatic heterocycles. The van der Waals surface area contributed by atoms with Crippen LogP contribution < -0.4 is 5.32 Å². The number of benzene rings is 2. The number of carboxylic acids is 1. The number of hydrogen-bond acceptors (Lipinski definition) is 2. The number of carboxylic acid groups (broad SMARTS) is 1. The Morgan fingerprint density at radius 2 is 1.93 bits per heavy atom. The molecule has 1 amide bonds. The van der Waals surface area contributed by atoms with Crippen molar-refractivity contribution in [3.05, 3.63) is 63.6 Å². The molecule has 0 bridgehead atoms. The van der Waals surface area contributed by atoms with E-state index in [9.17, 15) is 9.59 Å². The summed E-state index contributed by atoms with van der Waals surface area (Å²) in [6.07, 6.45) is 2.05. The molecule has 0 spiro atoms. The molecular weight excluding hydrogens is 428 g/mol. The Kier molecular flexibility index (Phi) is 7.04. The van der Waals surface area contributed by atoms with Crippen LogP contribution in [0.5, 0.6) is 0 Å². The van der Waals surface area contributed by atoms with Crippen LogP contribution in [0.25, 0.3) is 0 Å². The van der Waals surface area contributed by atoms with E-state index in [1.54, 1.807) is 49.4 Å². The van der Waals surface area contributed by atoms with E-state index >= 15 is 4.39 Å². The van der Waals surface area contributed by atoms with Crippen molar-refractivity contribution in [3.8, 4) is 0 Å². The lowest BCUT2D eigenvalue weighted by Gasteiger charge is -2.31. The molecule has 2 aromatic carbocycles. The Labute approximate surface area is 185 Å². The molecule has 7 heteroatoms. The van der Waals surface area contributed by atoms with Gasteiger partial charge in [0.15, 0.2) is 0 Å². The van der Waals surface area contributed by atoms with E-state index in [2.05, 4.69) is 5.32 Å². The van der Waals surface area contributed by atoms with Gasteiger partial charge < -0.3 is 10.4 Å². The van der Waals surface area contributed by atoms with Crippen molar-refractivity contribution in [1.82, 2.24) is 0 Å². The fourth-order valence-corrected chi connectivity index (χ4v) is 4.48. The molecule has 2 aromatic rings. The van der Waals surface area contributed by atoms with Gasteiger partial charge in [0.25, 0.3) is 0 Å². The first-order valence-corrected chi connectivity index (χ1v) is 10.7. The lowest BCUT2D eigenvalue weighted by atomic mass is 9.78. The second kappa shape index (κ2) is 9.36. The number of aliphatic carboxylic acids is 1. The van der Waals surface area contributed by atoms with Crippen LogP contribution >= 0.6 is 23.2 Å². The average Bonchev–Trinajstić information content (AvgIpc) is 3.03. The van der Waals surface area contributed by atoms with Gasteiger partial charge >= 0.3 is 5.97 Å². The van der Waals surface area contributed by atoms with Gasteiger partial charge in [0.05, 0.1) is 16.6 Å². The molecule has 4 nitrogen and oxygen atoms in total. The predicted molar refractivity (Wildman–Crippen MR) is 117 cm³/mol. The van der Waals surface area contributed by atoms with Gasteiger partial charge in [-0.1, -0.05) is 41.4 Å². The summed E-state index contributed by atoms with van der Waals surface area (Å²) >= 11 is 12.3. The van der Waals surface area contributed by atoms with Crippen LogP contribution in [0.3, 0.4) is 0 Å². The molecule has 0 aromatic heterocycles. The Hall–Kier alpha value is -2.11.